The highest BCUT2D eigenvalue weighted by Gasteiger charge is 2.05. The van der Waals surface area contributed by atoms with Crippen LogP contribution in [-0.2, 0) is 0 Å². The number of nitrogens with zero attached hydrogens (tertiary/aromatic N) is 3. The van der Waals surface area contributed by atoms with Gasteiger partial charge in [-0.05, 0) is 40.8 Å². The third kappa shape index (κ3) is 2.55. The lowest BCUT2D eigenvalue weighted by Crippen LogP contribution is -1.95. The standard InChI is InChI=1S/C11H6ClIN4S/c12-6-1-2-8-9(3-6)18-11(16-8)17-10-14-4-7(13)5-15-10/h1-5H,(H,14,15,16,17). The van der Waals surface area contributed by atoms with Gasteiger partial charge in [-0.1, -0.05) is 22.9 Å². The second-order valence-electron chi connectivity index (χ2n) is 3.48. The van der Waals surface area contributed by atoms with Crippen LogP contribution in [0.4, 0.5) is 11.1 Å². The molecular weight excluding hydrogens is 383 g/mol. The van der Waals surface area contributed by atoms with E-state index < -0.39 is 0 Å². The van der Waals surface area contributed by atoms with E-state index in [-0.39, 0.29) is 0 Å². The van der Waals surface area contributed by atoms with Crippen LogP contribution in [0.25, 0.3) is 10.2 Å². The van der Waals surface area contributed by atoms with Crippen molar-refractivity contribution in [3.8, 4) is 0 Å². The minimum Gasteiger partial charge on any atom is -0.300 e. The maximum atomic E-state index is 5.94. The molecule has 0 aliphatic heterocycles. The molecule has 7 heteroatoms. The summed E-state index contributed by atoms with van der Waals surface area (Å²) in [6.07, 6.45) is 3.50. The Kier molecular flexibility index (Phi) is 3.31. The van der Waals surface area contributed by atoms with E-state index in [0.29, 0.717) is 11.0 Å². The number of hydrogen-bond donors (Lipinski definition) is 1. The molecule has 0 bridgehead atoms. The van der Waals surface area contributed by atoms with E-state index in [0.717, 1.165) is 18.9 Å². The second-order valence-corrected chi connectivity index (χ2v) is 6.19. The zero-order chi connectivity index (χ0) is 12.5. The van der Waals surface area contributed by atoms with Crippen molar-refractivity contribution in [1.82, 2.24) is 15.0 Å². The summed E-state index contributed by atoms with van der Waals surface area (Å²) in [4.78, 5) is 12.8. The molecule has 2 heterocycles. The second kappa shape index (κ2) is 4.94. The average Bonchev–Trinajstić information content (AvgIpc) is 2.73. The number of rotatable bonds is 2. The van der Waals surface area contributed by atoms with Crippen molar-refractivity contribution < 1.29 is 0 Å². The van der Waals surface area contributed by atoms with Crippen molar-refractivity contribution in [2.24, 2.45) is 0 Å². The molecular formula is C11H6ClIN4S. The van der Waals surface area contributed by atoms with E-state index >= 15 is 0 Å². The molecule has 0 spiro atoms. The van der Waals surface area contributed by atoms with E-state index in [4.69, 9.17) is 11.6 Å². The van der Waals surface area contributed by atoms with Gasteiger partial charge in [-0.2, -0.15) is 0 Å². The summed E-state index contributed by atoms with van der Waals surface area (Å²) < 4.78 is 2.03. The van der Waals surface area contributed by atoms with Crippen LogP contribution in [0.3, 0.4) is 0 Å². The Morgan fingerprint density at radius 1 is 1.22 bits per heavy atom. The van der Waals surface area contributed by atoms with Gasteiger partial charge in [-0.25, -0.2) is 15.0 Å². The zero-order valence-electron chi connectivity index (χ0n) is 8.89. The van der Waals surface area contributed by atoms with E-state index in [2.05, 4.69) is 42.9 Å². The molecule has 0 fully saturated rings. The van der Waals surface area contributed by atoms with Gasteiger partial charge in [-0.3, -0.25) is 0 Å². The summed E-state index contributed by atoms with van der Waals surface area (Å²) in [6.45, 7) is 0. The number of aromatic nitrogens is 3. The Hall–Kier alpha value is -0.990. The first-order chi connectivity index (χ1) is 8.70. The van der Waals surface area contributed by atoms with Crippen molar-refractivity contribution >= 4 is 66.8 Å². The monoisotopic (exact) mass is 388 g/mol. The lowest BCUT2D eigenvalue weighted by molar-refractivity contribution is 1.15. The molecule has 0 atom stereocenters. The Morgan fingerprint density at radius 2 is 2.00 bits per heavy atom. The van der Waals surface area contributed by atoms with Crippen LogP contribution in [0.1, 0.15) is 0 Å². The van der Waals surface area contributed by atoms with E-state index in [1.807, 2.05) is 18.2 Å². The number of hydrogen-bond acceptors (Lipinski definition) is 5. The fourth-order valence-electron chi connectivity index (χ4n) is 1.42. The Balaban J connectivity index is 1.92. The number of thiazole rings is 1. The molecule has 0 saturated heterocycles. The minimum absolute atomic E-state index is 0.542. The van der Waals surface area contributed by atoms with Gasteiger partial charge in [-0.15, -0.1) is 0 Å². The molecule has 0 saturated carbocycles. The molecule has 18 heavy (non-hydrogen) atoms. The maximum Gasteiger partial charge on any atom is 0.228 e. The molecule has 4 nitrogen and oxygen atoms in total. The fraction of sp³-hybridized carbons (Fsp3) is 0. The molecule has 2 aromatic heterocycles. The van der Waals surface area contributed by atoms with Crippen LogP contribution in [0.5, 0.6) is 0 Å². The lowest BCUT2D eigenvalue weighted by atomic mass is 10.3. The third-order valence-electron chi connectivity index (χ3n) is 2.19. The van der Waals surface area contributed by atoms with Gasteiger partial charge in [0, 0.05) is 21.0 Å². The van der Waals surface area contributed by atoms with Gasteiger partial charge in [0.1, 0.15) is 0 Å². The summed E-state index contributed by atoms with van der Waals surface area (Å²) in [5, 5.41) is 4.55. The number of benzene rings is 1. The molecule has 0 aliphatic rings. The molecule has 3 aromatic rings. The summed E-state index contributed by atoms with van der Waals surface area (Å²) in [7, 11) is 0. The smallest absolute Gasteiger partial charge is 0.228 e. The average molecular weight is 389 g/mol. The molecule has 1 aromatic carbocycles. The van der Waals surface area contributed by atoms with Crippen LogP contribution < -0.4 is 5.32 Å². The summed E-state index contributed by atoms with van der Waals surface area (Å²) in [6, 6.07) is 5.62. The minimum atomic E-state index is 0.542. The van der Waals surface area contributed by atoms with Crippen LogP contribution in [0, 0.1) is 3.57 Å². The third-order valence-corrected chi connectivity index (χ3v) is 3.92. The van der Waals surface area contributed by atoms with Crippen molar-refractivity contribution in [2.75, 3.05) is 5.32 Å². The SMILES string of the molecule is Clc1ccc2nc(Nc3ncc(I)cn3)sc2c1. The number of halogens is 2. The van der Waals surface area contributed by atoms with Crippen molar-refractivity contribution in [3.63, 3.8) is 0 Å². The van der Waals surface area contributed by atoms with Crippen LogP contribution in [0.15, 0.2) is 30.6 Å². The Morgan fingerprint density at radius 3 is 2.78 bits per heavy atom. The Bertz CT molecular complexity index is 698. The first kappa shape index (κ1) is 12.1. The fourth-order valence-corrected chi connectivity index (χ4v) is 2.84. The van der Waals surface area contributed by atoms with Crippen molar-refractivity contribution in [1.29, 1.82) is 0 Å². The van der Waals surface area contributed by atoms with Crippen LogP contribution >= 0.6 is 45.5 Å². The largest absolute Gasteiger partial charge is 0.300 e. The topological polar surface area (TPSA) is 50.7 Å². The summed E-state index contributed by atoms with van der Waals surface area (Å²) >= 11 is 9.62. The van der Waals surface area contributed by atoms with Gasteiger partial charge in [0.05, 0.1) is 10.2 Å². The number of anilines is 2. The highest BCUT2D eigenvalue weighted by atomic mass is 127. The predicted molar refractivity (Wildman–Crippen MR) is 82.7 cm³/mol. The van der Waals surface area contributed by atoms with Gasteiger partial charge < -0.3 is 5.32 Å². The van der Waals surface area contributed by atoms with E-state index in [1.165, 1.54) is 11.3 Å². The van der Waals surface area contributed by atoms with Gasteiger partial charge >= 0.3 is 0 Å². The highest BCUT2D eigenvalue weighted by molar-refractivity contribution is 14.1. The first-order valence-corrected chi connectivity index (χ1v) is 7.29. The normalized spacial score (nSPS) is 10.8. The molecule has 90 valence electrons. The van der Waals surface area contributed by atoms with Gasteiger partial charge in [0.15, 0.2) is 5.13 Å². The first-order valence-electron chi connectivity index (χ1n) is 5.01. The van der Waals surface area contributed by atoms with Crippen molar-refractivity contribution in [3.05, 3.63) is 39.2 Å². The molecule has 1 N–H and O–H groups in total. The van der Waals surface area contributed by atoms with Gasteiger partial charge in [0.25, 0.3) is 0 Å². The van der Waals surface area contributed by atoms with Crippen LogP contribution in [-0.4, -0.2) is 15.0 Å². The van der Waals surface area contributed by atoms with Crippen LogP contribution in [0.2, 0.25) is 5.02 Å². The Labute approximate surface area is 126 Å². The maximum absolute atomic E-state index is 5.94. The highest BCUT2D eigenvalue weighted by Crippen LogP contribution is 2.29. The van der Waals surface area contributed by atoms with Gasteiger partial charge in [0.2, 0.25) is 5.95 Å². The molecule has 0 radical (unpaired) electrons. The number of fused-ring (bicyclic) bond motifs is 1. The van der Waals surface area contributed by atoms with E-state index in [1.54, 1.807) is 12.4 Å². The van der Waals surface area contributed by atoms with E-state index in [9.17, 15) is 0 Å². The molecule has 3 rings (SSSR count). The predicted octanol–water partition coefficient (Wildman–Crippen LogP) is 4.09. The quantitative estimate of drug-likeness (QED) is 0.672. The summed E-state index contributed by atoms with van der Waals surface area (Å²) in [5.74, 6) is 0.542. The molecule has 0 unspecified atom stereocenters. The number of nitrogens with one attached hydrogen (secondary N) is 1. The molecule has 0 amide bonds. The summed E-state index contributed by atoms with van der Waals surface area (Å²) in [5.41, 5.74) is 0.914. The lowest BCUT2D eigenvalue weighted by Gasteiger charge is -1.98. The van der Waals surface area contributed by atoms with Crippen molar-refractivity contribution in [2.45, 2.75) is 0 Å². The zero-order valence-corrected chi connectivity index (χ0v) is 12.6. The molecule has 0 aliphatic carbocycles.